The van der Waals surface area contributed by atoms with Gasteiger partial charge in [0.15, 0.2) is 0 Å². The molecule has 6 nitrogen and oxygen atoms in total. The minimum absolute atomic E-state index is 0.0466. The molecule has 1 aromatic heterocycles. The molecule has 0 aliphatic carbocycles. The van der Waals surface area contributed by atoms with E-state index in [0.717, 1.165) is 30.4 Å². The van der Waals surface area contributed by atoms with Gasteiger partial charge in [-0.05, 0) is 6.42 Å². The van der Waals surface area contributed by atoms with Gasteiger partial charge in [0.05, 0.1) is 6.54 Å². The van der Waals surface area contributed by atoms with Gasteiger partial charge in [0.2, 0.25) is 5.91 Å². The molecule has 1 heterocycles. The van der Waals surface area contributed by atoms with Crippen LogP contribution >= 0.6 is 0 Å². The highest BCUT2D eigenvalue weighted by Crippen LogP contribution is 2.19. The number of nitrogens with one attached hydrogen (secondary N) is 1. The Bertz CT molecular complexity index is 473. The third-order valence-corrected chi connectivity index (χ3v) is 3.06. The Kier molecular flexibility index (Phi) is 6.39. The van der Waals surface area contributed by atoms with E-state index >= 15 is 0 Å². The SMILES string of the molecule is CCCNc1cc(N(C)CC(=O)N(C)C)nc(C(C)C)n1. The molecule has 0 saturated carbocycles. The molecule has 1 amide bonds. The summed E-state index contributed by atoms with van der Waals surface area (Å²) in [7, 11) is 5.38. The van der Waals surface area contributed by atoms with Crippen LogP contribution in [0.3, 0.4) is 0 Å². The molecular weight excluding hydrogens is 266 g/mol. The highest BCUT2D eigenvalue weighted by Gasteiger charge is 2.14. The van der Waals surface area contributed by atoms with Crippen molar-refractivity contribution in [3.63, 3.8) is 0 Å². The molecule has 1 N–H and O–H groups in total. The largest absolute Gasteiger partial charge is 0.370 e. The van der Waals surface area contributed by atoms with Gasteiger partial charge in [-0.1, -0.05) is 20.8 Å². The van der Waals surface area contributed by atoms with E-state index in [1.165, 1.54) is 0 Å². The summed E-state index contributed by atoms with van der Waals surface area (Å²) in [5.74, 6) is 2.66. The summed E-state index contributed by atoms with van der Waals surface area (Å²) >= 11 is 0. The van der Waals surface area contributed by atoms with Crippen molar-refractivity contribution in [2.45, 2.75) is 33.1 Å². The maximum atomic E-state index is 11.8. The van der Waals surface area contributed by atoms with Crippen molar-refractivity contribution in [1.82, 2.24) is 14.9 Å². The second kappa shape index (κ2) is 7.81. The average Bonchev–Trinajstić information content (AvgIpc) is 2.44. The minimum Gasteiger partial charge on any atom is -0.370 e. The number of carbonyl (C=O) groups is 1. The Labute approximate surface area is 127 Å². The molecule has 0 bridgehead atoms. The van der Waals surface area contributed by atoms with Crippen LogP contribution in [0.25, 0.3) is 0 Å². The Morgan fingerprint density at radius 2 is 1.95 bits per heavy atom. The molecule has 0 unspecified atom stereocenters. The Balaban J connectivity index is 2.98. The molecule has 0 spiro atoms. The first-order valence-corrected chi connectivity index (χ1v) is 7.39. The molecule has 0 aliphatic heterocycles. The first-order valence-electron chi connectivity index (χ1n) is 7.39. The fourth-order valence-electron chi connectivity index (χ4n) is 1.68. The maximum Gasteiger partial charge on any atom is 0.241 e. The van der Waals surface area contributed by atoms with E-state index in [4.69, 9.17) is 0 Å². The van der Waals surface area contributed by atoms with Gasteiger partial charge in [0.25, 0.3) is 0 Å². The lowest BCUT2D eigenvalue weighted by Gasteiger charge is -2.21. The zero-order valence-corrected chi connectivity index (χ0v) is 14.0. The van der Waals surface area contributed by atoms with Crippen molar-refractivity contribution in [3.05, 3.63) is 11.9 Å². The number of anilines is 2. The normalized spacial score (nSPS) is 10.6. The number of amides is 1. The van der Waals surface area contributed by atoms with E-state index in [-0.39, 0.29) is 11.8 Å². The summed E-state index contributed by atoms with van der Waals surface area (Å²) in [6.45, 7) is 7.41. The minimum atomic E-state index is 0.0466. The molecule has 0 radical (unpaired) electrons. The second-order valence-electron chi connectivity index (χ2n) is 5.70. The summed E-state index contributed by atoms with van der Waals surface area (Å²) < 4.78 is 0. The zero-order valence-electron chi connectivity index (χ0n) is 14.0. The lowest BCUT2D eigenvalue weighted by Crippen LogP contribution is -2.35. The van der Waals surface area contributed by atoms with Crippen molar-refractivity contribution >= 4 is 17.5 Å². The van der Waals surface area contributed by atoms with Gasteiger partial charge in [-0.25, -0.2) is 9.97 Å². The van der Waals surface area contributed by atoms with Crippen LogP contribution in [-0.2, 0) is 4.79 Å². The van der Waals surface area contributed by atoms with Crippen molar-refractivity contribution in [1.29, 1.82) is 0 Å². The molecule has 6 heteroatoms. The molecule has 0 aromatic carbocycles. The molecular formula is C15H27N5O. The summed E-state index contributed by atoms with van der Waals surface area (Å²) in [5.41, 5.74) is 0. The van der Waals surface area contributed by atoms with Crippen molar-refractivity contribution in [3.8, 4) is 0 Å². The van der Waals surface area contributed by atoms with Gasteiger partial charge in [-0.15, -0.1) is 0 Å². The van der Waals surface area contributed by atoms with E-state index in [9.17, 15) is 4.79 Å². The van der Waals surface area contributed by atoms with Gasteiger partial charge in [-0.3, -0.25) is 4.79 Å². The average molecular weight is 293 g/mol. The molecule has 0 fully saturated rings. The number of nitrogens with zero attached hydrogens (tertiary/aromatic N) is 4. The first-order chi connectivity index (χ1) is 9.85. The third-order valence-electron chi connectivity index (χ3n) is 3.06. The fourth-order valence-corrected chi connectivity index (χ4v) is 1.68. The van der Waals surface area contributed by atoms with E-state index in [0.29, 0.717) is 6.54 Å². The molecule has 118 valence electrons. The topological polar surface area (TPSA) is 61.4 Å². The quantitative estimate of drug-likeness (QED) is 0.832. The molecule has 1 aromatic rings. The molecule has 21 heavy (non-hydrogen) atoms. The summed E-state index contributed by atoms with van der Waals surface area (Å²) in [6, 6.07) is 1.89. The lowest BCUT2D eigenvalue weighted by atomic mass is 10.2. The Morgan fingerprint density at radius 1 is 1.29 bits per heavy atom. The van der Waals surface area contributed by atoms with Crippen LogP contribution in [0.4, 0.5) is 11.6 Å². The van der Waals surface area contributed by atoms with Crippen LogP contribution in [0, 0.1) is 0 Å². The van der Waals surface area contributed by atoms with Gasteiger partial charge in [-0.2, -0.15) is 0 Å². The first kappa shape index (κ1) is 17.2. The number of likely N-dealkylation sites (N-methyl/N-ethyl adjacent to an activating group) is 2. The van der Waals surface area contributed by atoms with Gasteiger partial charge in [0.1, 0.15) is 17.5 Å². The van der Waals surface area contributed by atoms with Crippen LogP contribution in [-0.4, -0.2) is 55.0 Å². The standard InChI is InChI=1S/C15H27N5O/c1-7-8-16-12-9-13(18-15(17-12)11(2)3)20(6)10-14(21)19(4)5/h9,11H,7-8,10H2,1-6H3,(H,16,17,18). The highest BCUT2D eigenvalue weighted by molar-refractivity contribution is 5.80. The van der Waals surface area contributed by atoms with E-state index < -0.39 is 0 Å². The van der Waals surface area contributed by atoms with Crippen molar-refractivity contribution < 1.29 is 4.79 Å². The van der Waals surface area contributed by atoms with Crippen LogP contribution in [0.15, 0.2) is 6.07 Å². The predicted molar refractivity (Wildman–Crippen MR) is 86.9 cm³/mol. The van der Waals surface area contributed by atoms with Crippen molar-refractivity contribution in [2.24, 2.45) is 0 Å². The van der Waals surface area contributed by atoms with Crippen LogP contribution < -0.4 is 10.2 Å². The summed E-state index contributed by atoms with van der Waals surface area (Å²) in [4.78, 5) is 24.3. The third kappa shape index (κ3) is 5.21. The highest BCUT2D eigenvalue weighted by atomic mass is 16.2. The lowest BCUT2D eigenvalue weighted by molar-refractivity contribution is -0.127. The van der Waals surface area contributed by atoms with E-state index in [2.05, 4.69) is 36.1 Å². The van der Waals surface area contributed by atoms with Gasteiger partial charge in [0, 0.05) is 39.7 Å². The molecule has 0 aliphatic rings. The van der Waals surface area contributed by atoms with E-state index in [1.807, 2.05) is 18.0 Å². The number of carbonyl (C=O) groups excluding carboxylic acids is 1. The summed E-state index contributed by atoms with van der Waals surface area (Å²) in [5, 5.41) is 3.29. The zero-order chi connectivity index (χ0) is 16.0. The molecule has 0 atom stereocenters. The van der Waals surface area contributed by atoms with Crippen LogP contribution in [0.2, 0.25) is 0 Å². The maximum absolute atomic E-state index is 11.8. The molecule has 0 saturated heterocycles. The number of hydrogen-bond acceptors (Lipinski definition) is 5. The smallest absolute Gasteiger partial charge is 0.241 e. The predicted octanol–water partition coefficient (Wildman–Crippen LogP) is 1.95. The van der Waals surface area contributed by atoms with Crippen molar-refractivity contribution in [2.75, 3.05) is 44.4 Å². The Hall–Kier alpha value is -1.85. The van der Waals surface area contributed by atoms with E-state index in [1.54, 1.807) is 19.0 Å². The monoisotopic (exact) mass is 293 g/mol. The van der Waals surface area contributed by atoms with Crippen LogP contribution in [0.1, 0.15) is 38.9 Å². The molecule has 1 rings (SSSR count). The second-order valence-corrected chi connectivity index (χ2v) is 5.70. The number of hydrogen-bond donors (Lipinski definition) is 1. The van der Waals surface area contributed by atoms with Crippen LogP contribution in [0.5, 0.6) is 0 Å². The van der Waals surface area contributed by atoms with Gasteiger partial charge < -0.3 is 15.1 Å². The Morgan fingerprint density at radius 3 is 2.48 bits per heavy atom. The van der Waals surface area contributed by atoms with Gasteiger partial charge >= 0.3 is 0 Å². The fraction of sp³-hybridized carbons (Fsp3) is 0.667. The number of rotatable bonds is 7. The number of aromatic nitrogens is 2. The summed E-state index contributed by atoms with van der Waals surface area (Å²) in [6.07, 6.45) is 1.03.